The average molecular weight is 247 g/mol. The van der Waals surface area contributed by atoms with E-state index in [2.05, 4.69) is 42.0 Å². The van der Waals surface area contributed by atoms with Gasteiger partial charge >= 0.3 is 0 Å². The van der Waals surface area contributed by atoms with Crippen molar-refractivity contribution >= 4 is 5.69 Å². The van der Waals surface area contributed by atoms with Gasteiger partial charge in [-0.05, 0) is 43.9 Å². The monoisotopic (exact) mass is 247 g/mol. The zero-order valence-corrected chi connectivity index (χ0v) is 11.8. The number of nitrogens with one attached hydrogen (secondary N) is 1. The molecule has 1 fully saturated rings. The first-order valence-corrected chi connectivity index (χ1v) is 7.08. The van der Waals surface area contributed by atoms with E-state index in [0.29, 0.717) is 12.0 Å². The summed E-state index contributed by atoms with van der Waals surface area (Å²) < 4.78 is 0. The van der Waals surface area contributed by atoms with Gasteiger partial charge < -0.3 is 10.2 Å². The summed E-state index contributed by atoms with van der Waals surface area (Å²) in [5, 5.41) is 3.53. The van der Waals surface area contributed by atoms with Gasteiger partial charge in [0.05, 0.1) is 11.9 Å². The fraction of sp³-hybridized carbons (Fsp3) is 0.667. The normalized spacial score (nSPS) is 19.8. The Morgan fingerprint density at radius 2 is 2.33 bits per heavy atom. The maximum Gasteiger partial charge on any atom is 0.0600 e. The molecule has 1 unspecified atom stereocenters. The van der Waals surface area contributed by atoms with Crippen LogP contribution < -0.4 is 10.2 Å². The van der Waals surface area contributed by atoms with Crippen molar-refractivity contribution < 1.29 is 0 Å². The minimum Gasteiger partial charge on any atom is -0.367 e. The second-order valence-electron chi connectivity index (χ2n) is 5.71. The van der Waals surface area contributed by atoms with Crippen LogP contribution in [-0.2, 0) is 6.54 Å². The van der Waals surface area contributed by atoms with Gasteiger partial charge in [0.2, 0.25) is 0 Å². The Morgan fingerprint density at radius 1 is 1.50 bits per heavy atom. The molecule has 18 heavy (non-hydrogen) atoms. The topological polar surface area (TPSA) is 28.2 Å². The Hall–Kier alpha value is -1.09. The molecule has 0 bridgehead atoms. The van der Waals surface area contributed by atoms with E-state index in [1.807, 2.05) is 12.4 Å². The summed E-state index contributed by atoms with van der Waals surface area (Å²) in [6, 6.07) is 2.80. The highest BCUT2D eigenvalue weighted by Gasteiger charge is 2.22. The molecule has 1 aromatic heterocycles. The number of rotatable bonds is 5. The lowest BCUT2D eigenvalue weighted by Crippen LogP contribution is -2.28. The van der Waals surface area contributed by atoms with Crippen LogP contribution in [0.5, 0.6) is 0 Å². The van der Waals surface area contributed by atoms with Crippen molar-refractivity contribution in [3.63, 3.8) is 0 Å². The number of anilines is 1. The summed E-state index contributed by atoms with van der Waals surface area (Å²) in [6.45, 7) is 9.97. The van der Waals surface area contributed by atoms with E-state index in [-0.39, 0.29) is 0 Å². The van der Waals surface area contributed by atoms with E-state index in [0.717, 1.165) is 13.1 Å². The van der Waals surface area contributed by atoms with Crippen LogP contribution in [0.15, 0.2) is 18.5 Å². The van der Waals surface area contributed by atoms with Crippen molar-refractivity contribution in [1.82, 2.24) is 10.3 Å². The SMILES string of the molecule is CC(C)CNCc1ccncc1N1CCCC1C. The molecular formula is C15H25N3. The van der Waals surface area contributed by atoms with E-state index < -0.39 is 0 Å². The van der Waals surface area contributed by atoms with Crippen LogP contribution in [0.1, 0.15) is 39.2 Å². The molecule has 1 saturated heterocycles. The Labute approximate surface area is 111 Å². The molecule has 0 aliphatic carbocycles. The van der Waals surface area contributed by atoms with Gasteiger partial charge in [0.1, 0.15) is 0 Å². The minimum absolute atomic E-state index is 0.651. The first kappa shape index (κ1) is 13.3. The van der Waals surface area contributed by atoms with Crippen molar-refractivity contribution in [1.29, 1.82) is 0 Å². The van der Waals surface area contributed by atoms with Crippen LogP contribution in [0, 0.1) is 5.92 Å². The molecule has 0 saturated carbocycles. The Bertz CT molecular complexity index is 376. The van der Waals surface area contributed by atoms with Crippen molar-refractivity contribution in [2.45, 2.75) is 46.2 Å². The third-order valence-corrected chi connectivity index (χ3v) is 3.62. The van der Waals surface area contributed by atoms with Crippen LogP contribution in [0.2, 0.25) is 0 Å². The minimum atomic E-state index is 0.651. The molecule has 0 spiro atoms. The van der Waals surface area contributed by atoms with E-state index in [1.165, 1.54) is 30.6 Å². The molecule has 2 rings (SSSR count). The maximum absolute atomic E-state index is 4.30. The van der Waals surface area contributed by atoms with Crippen LogP contribution in [0.25, 0.3) is 0 Å². The zero-order chi connectivity index (χ0) is 13.0. The van der Waals surface area contributed by atoms with Gasteiger partial charge in [0, 0.05) is 25.3 Å². The predicted octanol–water partition coefficient (Wildman–Crippen LogP) is 2.82. The number of pyridine rings is 1. The molecule has 3 nitrogen and oxygen atoms in total. The highest BCUT2D eigenvalue weighted by Crippen LogP contribution is 2.27. The predicted molar refractivity (Wildman–Crippen MR) is 76.8 cm³/mol. The van der Waals surface area contributed by atoms with Crippen molar-refractivity contribution in [2.75, 3.05) is 18.0 Å². The fourth-order valence-electron chi connectivity index (χ4n) is 2.61. The van der Waals surface area contributed by atoms with Crippen molar-refractivity contribution in [2.24, 2.45) is 5.92 Å². The number of nitrogens with zero attached hydrogens (tertiary/aromatic N) is 2. The van der Waals surface area contributed by atoms with Crippen molar-refractivity contribution in [3.8, 4) is 0 Å². The first-order valence-electron chi connectivity index (χ1n) is 7.08. The summed E-state index contributed by atoms with van der Waals surface area (Å²) in [4.78, 5) is 6.80. The number of hydrogen-bond donors (Lipinski definition) is 1. The summed E-state index contributed by atoms with van der Waals surface area (Å²) in [5.41, 5.74) is 2.69. The lowest BCUT2D eigenvalue weighted by molar-refractivity contribution is 0.551. The van der Waals surface area contributed by atoms with E-state index in [9.17, 15) is 0 Å². The van der Waals surface area contributed by atoms with Crippen LogP contribution >= 0.6 is 0 Å². The van der Waals surface area contributed by atoms with Gasteiger partial charge in [-0.2, -0.15) is 0 Å². The second-order valence-corrected chi connectivity index (χ2v) is 5.71. The maximum atomic E-state index is 4.30. The Balaban J connectivity index is 2.05. The van der Waals surface area contributed by atoms with Crippen LogP contribution in [0.4, 0.5) is 5.69 Å². The van der Waals surface area contributed by atoms with Gasteiger partial charge in [0.25, 0.3) is 0 Å². The summed E-state index contributed by atoms with van der Waals surface area (Å²) in [6.07, 6.45) is 6.52. The Kier molecular flexibility index (Phi) is 4.59. The van der Waals surface area contributed by atoms with Gasteiger partial charge in [-0.15, -0.1) is 0 Å². The molecule has 1 atom stereocenters. The molecule has 3 heteroatoms. The van der Waals surface area contributed by atoms with E-state index in [1.54, 1.807) is 0 Å². The molecule has 1 aromatic rings. The van der Waals surface area contributed by atoms with Crippen LogP contribution in [-0.4, -0.2) is 24.1 Å². The highest BCUT2D eigenvalue weighted by molar-refractivity contribution is 5.53. The summed E-state index contributed by atoms with van der Waals surface area (Å²) >= 11 is 0. The van der Waals surface area contributed by atoms with Gasteiger partial charge in [0.15, 0.2) is 0 Å². The van der Waals surface area contributed by atoms with E-state index >= 15 is 0 Å². The molecule has 100 valence electrons. The fourth-order valence-corrected chi connectivity index (χ4v) is 2.61. The van der Waals surface area contributed by atoms with Gasteiger partial charge in [-0.25, -0.2) is 0 Å². The number of hydrogen-bond acceptors (Lipinski definition) is 3. The highest BCUT2D eigenvalue weighted by atomic mass is 15.2. The largest absolute Gasteiger partial charge is 0.367 e. The summed E-state index contributed by atoms with van der Waals surface area (Å²) in [7, 11) is 0. The quantitative estimate of drug-likeness (QED) is 0.867. The molecule has 1 aliphatic rings. The van der Waals surface area contributed by atoms with E-state index in [4.69, 9.17) is 0 Å². The third-order valence-electron chi connectivity index (χ3n) is 3.62. The third kappa shape index (κ3) is 3.22. The molecule has 1 aliphatic heterocycles. The van der Waals surface area contributed by atoms with Crippen LogP contribution in [0.3, 0.4) is 0 Å². The molecule has 2 heterocycles. The first-order chi connectivity index (χ1) is 8.68. The average Bonchev–Trinajstić information content (AvgIpc) is 2.76. The number of aromatic nitrogens is 1. The molecule has 0 radical (unpaired) electrons. The van der Waals surface area contributed by atoms with Gasteiger partial charge in [-0.1, -0.05) is 13.8 Å². The molecule has 0 amide bonds. The lowest BCUT2D eigenvalue weighted by atomic mass is 10.1. The van der Waals surface area contributed by atoms with Gasteiger partial charge in [-0.3, -0.25) is 4.98 Å². The molecular weight excluding hydrogens is 222 g/mol. The molecule has 1 N–H and O–H groups in total. The standard InChI is InChI=1S/C15H25N3/c1-12(2)9-17-10-14-6-7-16-11-15(14)18-8-4-5-13(18)3/h6-7,11-13,17H,4-5,8-10H2,1-3H3. The Morgan fingerprint density at radius 3 is 3.00 bits per heavy atom. The second kappa shape index (κ2) is 6.19. The zero-order valence-electron chi connectivity index (χ0n) is 11.8. The summed E-state index contributed by atoms with van der Waals surface area (Å²) in [5.74, 6) is 0.695. The smallest absolute Gasteiger partial charge is 0.0600 e. The molecule has 0 aromatic carbocycles. The van der Waals surface area contributed by atoms with Crippen molar-refractivity contribution in [3.05, 3.63) is 24.0 Å². The lowest BCUT2D eigenvalue weighted by Gasteiger charge is -2.26.